The van der Waals surface area contributed by atoms with Crippen molar-refractivity contribution in [2.75, 3.05) is 13.1 Å². The number of hydrogen-bond donors (Lipinski definition) is 2. The fourth-order valence-corrected chi connectivity index (χ4v) is 1.90. The third kappa shape index (κ3) is 1.61. The zero-order valence-corrected chi connectivity index (χ0v) is 7.68. The van der Waals surface area contributed by atoms with Gasteiger partial charge >= 0.3 is 5.97 Å². The molecule has 1 aromatic heterocycles. The maximum Gasteiger partial charge on any atom is 0.308 e. The first-order valence-electron chi connectivity index (χ1n) is 4.62. The number of rotatable bonds is 2. The molecule has 1 aromatic rings. The minimum atomic E-state index is -0.725. The minimum Gasteiger partial charge on any atom is -0.481 e. The van der Waals surface area contributed by atoms with Crippen LogP contribution in [0.1, 0.15) is 11.5 Å². The van der Waals surface area contributed by atoms with E-state index in [-0.39, 0.29) is 11.8 Å². The largest absolute Gasteiger partial charge is 0.481 e. The average Bonchev–Trinajstić information content (AvgIpc) is 2.67. The van der Waals surface area contributed by atoms with Crippen LogP contribution in [0, 0.1) is 5.92 Å². The number of carboxylic acid groups (broad SMARTS) is 1. The summed E-state index contributed by atoms with van der Waals surface area (Å²) in [6.07, 6.45) is 3.40. The van der Waals surface area contributed by atoms with E-state index in [1.54, 1.807) is 12.4 Å². The molecule has 2 atom stereocenters. The normalized spacial score (nSPS) is 26.3. The highest BCUT2D eigenvalue weighted by Crippen LogP contribution is 2.27. The van der Waals surface area contributed by atoms with Crippen LogP contribution < -0.4 is 5.32 Å². The van der Waals surface area contributed by atoms with Gasteiger partial charge in [-0.2, -0.15) is 0 Å². The second-order valence-electron chi connectivity index (χ2n) is 3.49. The molecule has 1 aliphatic heterocycles. The molecule has 2 rings (SSSR count). The molecule has 4 heteroatoms. The van der Waals surface area contributed by atoms with Crippen molar-refractivity contribution in [1.29, 1.82) is 0 Å². The quantitative estimate of drug-likeness (QED) is 0.715. The Morgan fingerprint density at radius 2 is 2.14 bits per heavy atom. The van der Waals surface area contributed by atoms with E-state index in [0.717, 1.165) is 12.1 Å². The third-order valence-electron chi connectivity index (χ3n) is 2.67. The van der Waals surface area contributed by atoms with Gasteiger partial charge in [-0.15, -0.1) is 0 Å². The van der Waals surface area contributed by atoms with Crippen LogP contribution in [0.3, 0.4) is 0 Å². The number of carbonyl (C=O) groups is 1. The monoisotopic (exact) mass is 192 g/mol. The zero-order valence-electron chi connectivity index (χ0n) is 7.68. The molecular formula is C10H12N2O2. The topological polar surface area (TPSA) is 62.2 Å². The van der Waals surface area contributed by atoms with E-state index in [4.69, 9.17) is 5.11 Å². The molecule has 0 aromatic carbocycles. The van der Waals surface area contributed by atoms with E-state index < -0.39 is 5.97 Å². The van der Waals surface area contributed by atoms with Gasteiger partial charge in [-0.1, -0.05) is 0 Å². The van der Waals surface area contributed by atoms with Gasteiger partial charge in [0.15, 0.2) is 0 Å². The molecule has 0 amide bonds. The summed E-state index contributed by atoms with van der Waals surface area (Å²) in [5.74, 6) is -0.954. The summed E-state index contributed by atoms with van der Waals surface area (Å²) < 4.78 is 0. The van der Waals surface area contributed by atoms with Crippen molar-refractivity contribution in [3.8, 4) is 0 Å². The molecule has 4 nitrogen and oxygen atoms in total. The van der Waals surface area contributed by atoms with Crippen molar-refractivity contribution >= 4 is 5.97 Å². The zero-order chi connectivity index (χ0) is 9.97. The van der Waals surface area contributed by atoms with Gasteiger partial charge in [-0.3, -0.25) is 9.78 Å². The molecule has 2 N–H and O–H groups in total. The van der Waals surface area contributed by atoms with E-state index in [2.05, 4.69) is 10.3 Å². The van der Waals surface area contributed by atoms with Crippen LogP contribution in [0.2, 0.25) is 0 Å². The van der Waals surface area contributed by atoms with Crippen LogP contribution in [0.15, 0.2) is 24.5 Å². The first-order valence-corrected chi connectivity index (χ1v) is 4.62. The molecular weight excluding hydrogens is 180 g/mol. The van der Waals surface area contributed by atoms with Gasteiger partial charge < -0.3 is 10.4 Å². The Morgan fingerprint density at radius 1 is 1.43 bits per heavy atom. The van der Waals surface area contributed by atoms with Crippen molar-refractivity contribution in [2.24, 2.45) is 5.92 Å². The second-order valence-corrected chi connectivity index (χ2v) is 3.49. The van der Waals surface area contributed by atoms with Gasteiger partial charge in [0, 0.05) is 31.4 Å². The van der Waals surface area contributed by atoms with Crippen LogP contribution in [0.4, 0.5) is 0 Å². The lowest BCUT2D eigenvalue weighted by Crippen LogP contribution is -2.20. The maximum absolute atomic E-state index is 10.9. The summed E-state index contributed by atoms with van der Waals surface area (Å²) in [5.41, 5.74) is 1.05. The van der Waals surface area contributed by atoms with Crippen LogP contribution in [0.5, 0.6) is 0 Å². The molecule has 1 saturated heterocycles. The SMILES string of the molecule is O=C(O)[C@@H]1CNC[C@H]1c1ccncc1. The van der Waals surface area contributed by atoms with Gasteiger partial charge in [0.25, 0.3) is 0 Å². The summed E-state index contributed by atoms with van der Waals surface area (Å²) in [4.78, 5) is 14.8. The predicted molar refractivity (Wildman–Crippen MR) is 51.0 cm³/mol. The molecule has 0 saturated carbocycles. The lowest BCUT2D eigenvalue weighted by Gasteiger charge is -2.14. The first-order chi connectivity index (χ1) is 6.79. The van der Waals surface area contributed by atoms with Gasteiger partial charge in [0.05, 0.1) is 5.92 Å². The molecule has 1 aliphatic rings. The molecule has 0 unspecified atom stereocenters. The van der Waals surface area contributed by atoms with Crippen molar-refractivity contribution < 1.29 is 9.90 Å². The average molecular weight is 192 g/mol. The predicted octanol–water partition coefficient (Wildman–Crippen LogP) is 0.469. The number of nitrogens with zero attached hydrogens (tertiary/aromatic N) is 1. The lowest BCUT2D eigenvalue weighted by atomic mass is 9.90. The van der Waals surface area contributed by atoms with Crippen LogP contribution in [-0.2, 0) is 4.79 Å². The summed E-state index contributed by atoms with van der Waals surface area (Å²) in [7, 11) is 0. The molecule has 0 spiro atoms. The first kappa shape index (κ1) is 9.15. The van der Waals surface area contributed by atoms with Crippen LogP contribution >= 0.6 is 0 Å². The molecule has 0 radical (unpaired) electrons. The Bertz CT molecular complexity index is 326. The Morgan fingerprint density at radius 3 is 2.79 bits per heavy atom. The highest BCUT2D eigenvalue weighted by atomic mass is 16.4. The Kier molecular flexibility index (Phi) is 2.45. The number of carboxylic acids is 1. The summed E-state index contributed by atoms with van der Waals surface area (Å²) >= 11 is 0. The number of hydrogen-bond acceptors (Lipinski definition) is 3. The number of nitrogens with one attached hydrogen (secondary N) is 1. The standard InChI is InChI=1S/C10H12N2O2/c13-10(14)9-6-12-5-8(9)7-1-3-11-4-2-7/h1-4,8-9,12H,5-6H2,(H,13,14)/t8-,9+/m0/s1. The van der Waals surface area contributed by atoms with E-state index >= 15 is 0 Å². The van der Waals surface area contributed by atoms with Gasteiger partial charge in [0.2, 0.25) is 0 Å². The lowest BCUT2D eigenvalue weighted by molar-refractivity contribution is -0.141. The van der Waals surface area contributed by atoms with Gasteiger partial charge in [0.1, 0.15) is 0 Å². The molecule has 74 valence electrons. The Labute approximate surface area is 82.0 Å². The maximum atomic E-state index is 10.9. The third-order valence-corrected chi connectivity index (χ3v) is 2.67. The number of aliphatic carboxylic acids is 1. The highest BCUT2D eigenvalue weighted by molar-refractivity contribution is 5.72. The van der Waals surface area contributed by atoms with Crippen LogP contribution in [0.25, 0.3) is 0 Å². The van der Waals surface area contributed by atoms with E-state index in [1.807, 2.05) is 12.1 Å². The summed E-state index contributed by atoms with van der Waals surface area (Å²) in [5, 5.41) is 12.1. The molecule has 0 aliphatic carbocycles. The second kappa shape index (κ2) is 3.75. The summed E-state index contributed by atoms with van der Waals surface area (Å²) in [6.45, 7) is 1.29. The van der Waals surface area contributed by atoms with Gasteiger partial charge in [-0.25, -0.2) is 0 Å². The van der Waals surface area contributed by atoms with E-state index in [0.29, 0.717) is 6.54 Å². The van der Waals surface area contributed by atoms with E-state index in [1.165, 1.54) is 0 Å². The van der Waals surface area contributed by atoms with Crippen molar-refractivity contribution in [3.63, 3.8) is 0 Å². The highest BCUT2D eigenvalue weighted by Gasteiger charge is 2.33. The Hall–Kier alpha value is -1.42. The minimum absolute atomic E-state index is 0.0792. The summed E-state index contributed by atoms with van der Waals surface area (Å²) in [6, 6.07) is 3.77. The molecule has 0 bridgehead atoms. The molecule has 2 heterocycles. The number of pyridine rings is 1. The van der Waals surface area contributed by atoms with Crippen molar-refractivity contribution in [3.05, 3.63) is 30.1 Å². The molecule has 14 heavy (non-hydrogen) atoms. The van der Waals surface area contributed by atoms with E-state index in [9.17, 15) is 4.79 Å². The van der Waals surface area contributed by atoms with Gasteiger partial charge in [-0.05, 0) is 17.7 Å². The van der Waals surface area contributed by atoms with Crippen molar-refractivity contribution in [2.45, 2.75) is 5.92 Å². The van der Waals surface area contributed by atoms with Crippen molar-refractivity contribution in [1.82, 2.24) is 10.3 Å². The Balaban J connectivity index is 2.22. The fourth-order valence-electron chi connectivity index (χ4n) is 1.90. The fraction of sp³-hybridized carbons (Fsp3) is 0.400. The molecule has 1 fully saturated rings. The smallest absolute Gasteiger partial charge is 0.308 e. The number of aromatic nitrogens is 1. The van der Waals surface area contributed by atoms with Crippen LogP contribution in [-0.4, -0.2) is 29.1 Å².